The maximum absolute atomic E-state index is 12.4. The topological polar surface area (TPSA) is 46.3 Å². The predicted octanol–water partition coefficient (Wildman–Crippen LogP) is 2.16. The minimum Gasteiger partial charge on any atom is -0.345 e. The highest BCUT2D eigenvalue weighted by molar-refractivity contribution is 5.86. The van der Waals surface area contributed by atoms with Crippen LogP contribution in [0.1, 0.15) is 37.3 Å². The number of amides is 1. The van der Waals surface area contributed by atoms with Gasteiger partial charge in [0.25, 0.3) is 0 Å². The number of rotatable bonds is 5. The molecule has 1 amide bonds. The number of fused-ring (bicyclic) bond motifs is 1. The second kappa shape index (κ2) is 5.74. The third kappa shape index (κ3) is 2.98. The third-order valence-corrected chi connectivity index (χ3v) is 4.18. The van der Waals surface area contributed by atoms with Crippen molar-refractivity contribution in [3.05, 3.63) is 35.4 Å². The van der Waals surface area contributed by atoms with Crippen LogP contribution in [0.3, 0.4) is 0 Å². The molecule has 0 bridgehead atoms. The zero-order valence-corrected chi connectivity index (χ0v) is 12.1. The summed E-state index contributed by atoms with van der Waals surface area (Å²) < 4.78 is 0. The number of hydrogen-bond acceptors (Lipinski definition) is 2. The zero-order valence-electron chi connectivity index (χ0n) is 12.1. The first-order valence-electron chi connectivity index (χ1n) is 7.09. The van der Waals surface area contributed by atoms with Crippen LogP contribution >= 0.6 is 0 Å². The second-order valence-electron chi connectivity index (χ2n) is 5.91. The van der Waals surface area contributed by atoms with E-state index >= 15 is 0 Å². The average Bonchev–Trinajstić information content (AvgIpc) is 2.36. The van der Waals surface area contributed by atoms with Gasteiger partial charge in [-0.1, -0.05) is 38.1 Å². The van der Waals surface area contributed by atoms with E-state index in [1.165, 1.54) is 11.1 Å². The van der Waals surface area contributed by atoms with Gasteiger partial charge in [0.05, 0.1) is 5.92 Å². The van der Waals surface area contributed by atoms with E-state index in [0.29, 0.717) is 5.92 Å². The molecular formula is C16H24N2O. The van der Waals surface area contributed by atoms with Gasteiger partial charge in [-0.25, -0.2) is 0 Å². The first-order chi connectivity index (χ1) is 9.00. The lowest BCUT2D eigenvalue weighted by atomic mass is 9.77. The number of hydrogen-bond donors (Lipinski definition) is 1. The highest BCUT2D eigenvalue weighted by Crippen LogP contribution is 2.35. The van der Waals surface area contributed by atoms with Gasteiger partial charge in [-0.05, 0) is 29.9 Å². The molecule has 1 aliphatic carbocycles. The van der Waals surface area contributed by atoms with Crippen molar-refractivity contribution in [2.24, 2.45) is 11.7 Å². The van der Waals surface area contributed by atoms with Crippen LogP contribution in [0, 0.1) is 5.92 Å². The molecule has 0 radical (unpaired) electrons. The minimum atomic E-state index is 0.0662. The van der Waals surface area contributed by atoms with Crippen molar-refractivity contribution < 1.29 is 4.79 Å². The molecule has 2 N–H and O–H groups in total. The van der Waals surface area contributed by atoms with Gasteiger partial charge in [0.1, 0.15) is 0 Å². The van der Waals surface area contributed by atoms with Crippen LogP contribution in [0.4, 0.5) is 0 Å². The Balaban J connectivity index is 1.88. The van der Waals surface area contributed by atoms with Gasteiger partial charge in [0.15, 0.2) is 0 Å². The summed E-state index contributed by atoms with van der Waals surface area (Å²) in [4.78, 5) is 14.2. The molecule has 1 aliphatic rings. The van der Waals surface area contributed by atoms with E-state index in [1.807, 2.05) is 24.1 Å². The monoisotopic (exact) mass is 260 g/mol. The first-order valence-corrected chi connectivity index (χ1v) is 7.09. The molecule has 2 unspecified atom stereocenters. The van der Waals surface area contributed by atoms with Crippen molar-refractivity contribution in [3.63, 3.8) is 0 Å². The Labute approximate surface area is 115 Å². The van der Waals surface area contributed by atoms with Crippen molar-refractivity contribution in [2.75, 3.05) is 13.6 Å². The number of nitrogens with zero attached hydrogens (tertiary/aromatic N) is 1. The summed E-state index contributed by atoms with van der Waals surface area (Å²) in [5.41, 5.74) is 8.54. The summed E-state index contributed by atoms with van der Waals surface area (Å²) in [6, 6.07) is 8.38. The van der Waals surface area contributed by atoms with Gasteiger partial charge in [-0.3, -0.25) is 4.79 Å². The highest BCUT2D eigenvalue weighted by Gasteiger charge is 2.33. The Morgan fingerprint density at radius 1 is 1.42 bits per heavy atom. The van der Waals surface area contributed by atoms with Gasteiger partial charge >= 0.3 is 0 Å². The number of carbonyl (C=O) groups is 1. The van der Waals surface area contributed by atoms with Crippen molar-refractivity contribution in [1.82, 2.24) is 4.90 Å². The second-order valence-corrected chi connectivity index (χ2v) is 5.91. The van der Waals surface area contributed by atoms with Crippen LogP contribution in [-0.4, -0.2) is 30.4 Å². The molecule has 0 saturated heterocycles. The molecule has 2 atom stereocenters. The molecule has 1 aromatic carbocycles. The van der Waals surface area contributed by atoms with Crippen molar-refractivity contribution in [3.8, 4) is 0 Å². The van der Waals surface area contributed by atoms with Crippen molar-refractivity contribution >= 4 is 5.91 Å². The summed E-state index contributed by atoms with van der Waals surface area (Å²) in [7, 11) is 1.89. The van der Waals surface area contributed by atoms with Gasteiger partial charge in [0.2, 0.25) is 5.91 Å². The van der Waals surface area contributed by atoms with Crippen LogP contribution < -0.4 is 5.73 Å². The maximum Gasteiger partial charge on any atom is 0.230 e. The van der Waals surface area contributed by atoms with Crippen LogP contribution in [-0.2, 0) is 11.2 Å². The Morgan fingerprint density at radius 2 is 2.11 bits per heavy atom. The molecular weight excluding hydrogens is 236 g/mol. The van der Waals surface area contributed by atoms with Crippen LogP contribution in [0.15, 0.2) is 24.3 Å². The number of carbonyl (C=O) groups excluding carboxylic acids is 1. The zero-order chi connectivity index (χ0) is 14.0. The number of nitrogens with two attached hydrogens (primary N) is 1. The Hall–Kier alpha value is -1.35. The van der Waals surface area contributed by atoms with Crippen LogP contribution in [0.25, 0.3) is 0 Å². The Bertz CT molecular complexity index is 456. The lowest BCUT2D eigenvalue weighted by Gasteiger charge is -2.32. The van der Waals surface area contributed by atoms with Gasteiger partial charge in [-0.2, -0.15) is 0 Å². The first kappa shape index (κ1) is 14.1. The fourth-order valence-electron chi connectivity index (χ4n) is 2.53. The van der Waals surface area contributed by atoms with E-state index in [1.54, 1.807) is 0 Å². The quantitative estimate of drug-likeness (QED) is 0.882. The Kier molecular flexibility index (Phi) is 4.25. The summed E-state index contributed by atoms with van der Waals surface area (Å²) in [5.74, 6) is 0.763. The molecule has 0 heterocycles. The fourth-order valence-corrected chi connectivity index (χ4v) is 2.53. The van der Waals surface area contributed by atoms with E-state index in [4.69, 9.17) is 5.73 Å². The molecule has 2 rings (SSSR count). The van der Waals surface area contributed by atoms with E-state index < -0.39 is 0 Å². The molecule has 1 aromatic rings. The average molecular weight is 260 g/mol. The summed E-state index contributed by atoms with van der Waals surface area (Å²) >= 11 is 0. The summed E-state index contributed by atoms with van der Waals surface area (Å²) in [5, 5.41) is 0. The van der Waals surface area contributed by atoms with Crippen molar-refractivity contribution in [2.45, 2.75) is 38.6 Å². The van der Waals surface area contributed by atoms with Crippen LogP contribution in [0.5, 0.6) is 0 Å². The number of benzene rings is 1. The van der Waals surface area contributed by atoms with E-state index in [9.17, 15) is 4.79 Å². The Morgan fingerprint density at radius 3 is 2.74 bits per heavy atom. The predicted molar refractivity (Wildman–Crippen MR) is 78.0 cm³/mol. The number of likely N-dealkylation sites (N-methyl/N-ethyl adjacent to an activating group) is 1. The van der Waals surface area contributed by atoms with Gasteiger partial charge in [0, 0.05) is 19.6 Å². The standard InChI is InChI=1S/C16H24N2O/c1-11(2)15(17)8-9-18(3)16(19)14-10-12-6-4-5-7-13(12)14/h4-7,11,14-15H,8-10,17H2,1-3H3. The van der Waals surface area contributed by atoms with E-state index in [2.05, 4.69) is 26.0 Å². The normalized spacial score (nSPS) is 18.7. The smallest absolute Gasteiger partial charge is 0.230 e. The van der Waals surface area contributed by atoms with Gasteiger partial charge in [-0.15, -0.1) is 0 Å². The fraction of sp³-hybridized carbons (Fsp3) is 0.562. The summed E-state index contributed by atoms with van der Waals surface area (Å²) in [6.45, 7) is 4.99. The SMILES string of the molecule is CC(C)C(N)CCN(C)C(=O)C1Cc2ccccc21. The molecule has 3 heteroatoms. The molecule has 19 heavy (non-hydrogen) atoms. The largest absolute Gasteiger partial charge is 0.345 e. The van der Waals surface area contributed by atoms with Crippen molar-refractivity contribution in [1.29, 1.82) is 0 Å². The molecule has 0 saturated carbocycles. The molecule has 104 valence electrons. The molecule has 0 fully saturated rings. The summed E-state index contributed by atoms with van der Waals surface area (Å²) in [6.07, 6.45) is 1.75. The lowest BCUT2D eigenvalue weighted by molar-refractivity contribution is -0.132. The van der Waals surface area contributed by atoms with E-state index in [0.717, 1.165) is 19.4 Å². The van der Waals surface area contributed by atoms with Crippen LogP contribution in [0.2, 0.25) is 0 Å². The highest BCUT2D eigenvalue weighted by atomic mass is 16.2. The minimum absolute atomic E-state index is 0.0662. The third-order valence-electron chi connectivity index (χ3n) is 4.18. The maximum atomic E-state index is 12.4. The van der Waals surface area contributed by atoms with E-state index in [-0.39, 0.29) is 17.9 Å². The van der Waals surface area contributed by atoms with Gasteiger partial charge < -0.3 is 10.6 Å². The lowest BCUT2D eigenvalue weighted by Crippen LogP contribution is -2.39. The molecule has 3 nitrogen and oxygen atoms in total. The molecule has 0 aliphatic heterocycles. The molecule has 0 aromatic heterocycles. The molecule has 0 spiro atoms.